The van der Waals surface area contributed by atoms with Crippen LogP contribution in [0.1, 0.15) is 61.1 Å². The predicted octanol–water partition coefficient (Wildman–Crippen LogP) is 8.43. The Morgan fingerprint density at radius 2 is 1.00 bits per heavy atom. The van der Waals surface area contributed by atoms with E-state index in [2.05, 4.69) is 90.1 Å². The number of rotatable bonds is 0. The van der Waals surface area contributed by atoms with Crippen LogP contribution in [0.2, 0.25) is 0 Å². The van der Waals surface area contributed by atoms with E-state index in [9.17, 15) is 0 Å². The number of hydrogen-bond acceptors (Lipinski definition) is 0. The van der Waals surface area contributed by atoms with Gasteiger partial charge in [-0.25, -0.2) is 0 Å². The van der Waals surface area contributed by atoms with Crippen LogP contribution in [0.5, 0.6) is 0 Å². The lowest BCUT2D eigenvalue weighted by Gasteiger charge is -2.08. The summed E-state index contributed by atoms with van der Waals surface area (Å²) in [4.78, 5) is 0. The zero-order valence-electron chi connectivity index (χ0n) is 18.6. The fraction of sp³-hybridized carbons (Fsp3) is 0.385. The average Bonchev–Trinajstić information content (AvgIpc) is 2.67. The topological polar surface area (TPSA) is 0 Å². The molecule has 3 aromatic rings. The van der Waals surface area contributed by atoms with Crippen LogP contribution in [-0.2, 0) is 0 Å². The second-order valence-corrected chi connectivity index (χ2v) is 6.27. The van der Waals surface area contributed by atoms with Crippen molar-refractivity contribution in [2.45, 2.75) is 69.2 Å². The molecule has 0 radical (unpaired) electrons. The molecule has 0 aliphatic heterocycles. The van der Waals surface area contributed by atoms with Crippen molar-refractivity contribution in [2.75, 3.05) is 0 Å². The molecular weight excluding hydrogens is 312 g/mol. The van der Waals surface area contributed by atoms with Gasteiger partial charge in [0.15, 0.2) is 0 Å². The van der Waals surface area contributed by atoms with Crippen molar-refractivity contribution in [3.05, 3.63) is 81.9 Å². The van der Waals surface area contributed by atoms with E-state index in [1.54, 1.807) is 0 Å². The minimum absolute atomic E-state index is 1.35. The van der Waals surface area contributed by atoms with Gasteiger partial charge in [-0.1, -0.05) is 81.8 Å². The molecule has 0 spiro atoms. The molecule has 0 aliphatic rings. The van der Waals surface area contributed by atoms with Gasteiger partial charge in [0.1, 0.15) is 0 Å². The summed E-state index contributed by atoms with van der Waals surface area (Å²) in [7, 11) is 0. The Hall–Kier alpha value is -2.08. The molecule has 0 N–H and O–H groups in total. The summed E-state index contributed by atoms with van der Waals surface area (Å²) < 4.78 is 0. The second-order valence-electron chi connectivity index (χ2n) is 6.27. The Balaban J connectivity index is 0.000000422. The van der Waals surface area contributed by atoms with Gasteiger partial charge < -0.3 is 0 Å². The third kappa shape index (κ3) is 6.67. The normalized spacial score (nSPS) is 9.15. The number of hydrogen-bond donors (Lipinski definition) is 0. The van der Waals surface area contributed by atoms with Crippen LogP contribution in [0.4, 0.5) is 0 Å². The Morgan fingerprint density at radius 3 is 1.50 bits per heavy atom. The van der Waals surface area contributed by atoms with Gasteiger partial charge in [-0.2, -0.15) is 0 Å². The van der Waals surface area contributed by atoms with Gasteiger partial charge in [-0.3, -0.25) is 0 Å². The van der Waals surface area contributed by atoms with Crippen LogP contribution < -0.4 is 0 Å². The molecule has 3 rings (SSSR count). The van der Waals surface area contributed by atoms with Gasteiger partial charge in [-0.15, -0.1) is 0 Å². The van der Waals surface area contributed by atoms with Gasteiger partial charge in [0.2, 0.25) is 0 Å². The molecule has 0 saturated heterocycles. The summed E-state index contributed by atoms with van der Waals surface area (Å²) >= 11 is 0. The number of aryl methyl sites for hydroxylation is 6. The van der Waals surface area contributed by atoms with Crippen molar-refractivity contribution in [3.8, 4) is 0 Å². The molecule has 0 nitrogen and oxygen atoms in total. The van der Waals surface area contributed by atoms with E-state index in [0.717, 1.165) is 0 Å². The predicted molar refractivity (Wildman–Crippen MR) is 122 cm³/mol. The quantitative estimate of drug-likeness (QED) is 0.381. The summed E-state index contributed by atoms with van der Waals surface area (Å²) in [5.41, 5.74) is 8.27. The molecule has 0 atom stereocenters. The van der Waals surface area contributed by atoms with Crippen LogP contribution in [0, 0.1) is 41.5 Å². The Labute approximate surface area is 162 Å². The minimum atomic E-state index is 1.35. The maximum absolute atomic E-state index is 2.26. The van der Waals surface area contributed by atoms with E-state index in [1.807, 2.05) is 27.7 Å². The lowest BCUT2D eigenvalue weighted by molar-refractivity contribution is 1.30. The first-order valence-electron chi connectivity index (χ1n) is 9.89. The molecule has 142 valence electrons. The fourth-order valence-corrected chi connectivity index (χ4v) is 2.77. The van der Waals surface area contributed by atoms with Gasteiger partial charge in [-0.05, 0) is 80.1 Å². The Kier molecular flexibility index (Phi) is 11.3. The number of fused-ring (bicyclic) bond motifs is 1. The highest BCUT2D eigenvalue weighted by Gasteiger charge is 2.01. The van der Waals surface area contributed by atoms with Crippen LogP contribution >= 0.6 is 0 Å². The van der Waals surface area contributed by atoms with Crippen molar-refractivity contribution >= 4 is 10.8 Å². The summed E-state index contributed by atoms with van der Waals surface area (Å²) in [5, 5.41) is 2.77. The lowest BCUT2D eigenvalue weighted by Crippen LogP contribution is -1.86. The summed E-state index contributed by atoms with van der Waals surface area (Å²) in [6, 6.07) is 17.4. The average molecular weight is 351 g/mol. The third-order valence-electron chi connectivity index (χ3n) is 4.44. The largest absolute Gasteiger partial charge is 0.0683 e. The first kappa shape index (κ1) is 23.9. The van der Waals surface area contributed by atoms with E-state index in [1.165, 1.54) is 44.2 Å². The van der Waals surface area contributed by atoms with Gasteiger partial charge in [0.25, 0.3) is 0 Å². The van der Waals surface area contributed by atoms with Gasteiger partial charge in [0, 0.05) is 0 Å². The van der Waals surface area contributed by atoms with E-state index in [-0.39, 0.29) is 0 Å². The monoisotopic (exact) mass is 350 g/mol. The zero-order chi connectivity index (χ0) is 20.3. The SMILES string of the molecule is CC.CC.Cc1cc(C)c2ccccc2c1C.Cc1ccc(C)c(C)c1. The van der Waals surface area contributed by atoms with Crippen molar-refractivity contribution in [3.63, 3.8) is 0 Å². The van der Waals surface area contributed by atoms with Crippen molar-refractivity contribution in [2.24, 2.45) is 0 Å². The molecular formula is C26H38. The summed E-state index contributed by atoms with van der Waals surface area (Å²) in [6.07, 6.45) is 0. The first-order valence-corrected chi connectivity index (χ1v) is 9.89. The maximum Gasteiger partial charge on any atom is -0.0149 e. The summed E-state index contributed by atoms with van der Waals surface area (Å²) in [5.74, 6) is 0. The van der Waals surface area contributed by atoms with Crippen molar-refractivity contribution in [1.82, 2.24) is 0 Å². The molecule has 0 aromatic heterocycles. The number of benzene rings is 3. The fourth-order valence-electron chi connectivity index (χ4n) is 2.77. The minimum Gasteiger partial charge on any atom is -0.0683 e. The standard InChI is InChI=1S/C13H14.C9H12.2C2H6/c1-9-8-10(2)12-6-4-5-7-13(12)11(9)3;1-7-4-5-8(2)9(3)6-7;2*1-2/h4-8H,1-3H3;4-6H,1-3H3;2*1-2H3. The molecule has 3 aromatic carbocycles. The Bertz CT molecular complexity index is 794. The molecule has 26 heavy (non-hydrogen) atoms. The molecule has 0 aliphatic carbocycles. The van der Waals surface area contributed by atoms with Crippen LogP contribution in [0.25, 0.3) is 10.8 Å². The smallest absolute Gasteiger partial charge is 0.0149 e. The second kappa shape index (κ2) is 12.3. The third-order valence-corrected chi connectivity index (χ3v) is 4.44. The highest BCUT2D eigenvalue weighted by molar-refractivity contribution is 5.89. The van der Waals surface area contributed by atoms with Gasteiger partial charge >= 0.3 is 0 Å². The van der Waals surface area contributed by atoms with Crippen molar-refractivity contribution in [1.29, 1.82) is 0 Å². The van der Waals surface area contributed by atoms with E-state index in [4.69, 9.17) is 0 Å². The molecule has 0 fully saturated rings. The van der Waals surface area contributed by atoms with E-state index < -0.39 is 0 Å². The van der Waals surface area contributed by atoms with Gasteiger partial charge in [0.05, 0.1) is 0 Å². The first-order chi connectivity index (χ1) is 12.4. The zero-order valence-corrected chi connectivity index (χ0v) is 18.6. The van der Waals surface area contributed by atoms with Crippen molar-refractivity contribution < 1.29 is 0 Å². The molecule has 0 amide bonds. The maximum atomic E-state index is 2.26. The van der Waals surface area contributed by atoms with E-state index >= 15 is 0 Å². The molecule has 0 saturated carbocycles. The molecule has 0 heterocycles. The highest BCUT2D eigenvalue weighted by atomic mass is 14.1. The van der Waals surface area contributed by atoms with Crippen LogP contribution in [0.3, 0.4) is 0 Å². The molecule has 0 unspecified atom stereocenters. The van der Waals surface area contributed by atoms with E-state index in [0.29, 0.717) is 0 Å². The summed E-state index contributed by atoms with van der Waals surface area (Å²) in [6.45, 7) is 20.9. The Morgan fingerprint density at radius 1 is 0.462 bits per heavy atom. The molecule has 0 bridgehead atoms. The highest BCUT2D eigenvalue weighted by Crippen LogP contribution is 2.24. The molecule has 0 heteroatoms. The lowest BCUT2D eigenvalue weighted by atomic mass is 9.97. The van der Waals surface area contributed by atoms with Crippen LogP contribution in [0.15, 0.2) is 48.5 Å². The van der Waals surface area contributed by atoms with Crippen LogP contribution in [-0.4, -0.2) is 0 Å².